The molecule has 2 aromatic rings. The fourth-order valence-corrected chi connectivity index (χ4v) is 3.45. The Hall–Kier alpha value is -3.55. The molecule has 0 radical (unpaired) electrons. The maximum Gasteiger partial charge on any atom is 0.337 e. The molecule has 0 bridgehead atoms. The van der Waals surface area contributed by atoms with Gasteiger partial charge in [0.15, 0.2) is 11.5 Å². The Morgan fingerprint density at radius 3 is 2.52 bits per heavy atom. The minimum Gasteiger partial charge on any atom is -0.493 e. The minimum atomic E-state index is -0.843. The van der Waals surface area contributed by atoms with Gasteiger partial charge in [-0.3, -0.25) is 0 Å². The molecule has 31 heavy (non-hydrogen) atoms. The summed E-state index contributed by atoms with van der Waals surface area (Å²) in [7, 11) is 2.76. The fraction of sp³-hybridized carbons (Fsp3) is 0.304. The van der Waals surface area contributed by atoms with Gasteiger partial charge in [0.2, 0.25) is 0 Å². The van der Waals surface area contributed by atoms with E-state index in [9.17, 15) is 14.0 Å². The number of amides is 2. The average molecular weight is 428 g/mol. The molecule has 1 aliphatic rings. The fourth-order valence-electron chi connectivity index (χ4n) is 3.45. The molecule has 2 aromatic carbocycles. The number of nitrogens with one attached hydrogen (secondary N) is 2. The number of allylic oxidation sites excluding steroid dienone is 1. The molecule has 2 N–H and O–H groups in total. The number of esters is 1. The molecule has 3 rings (SSSR count). The largest absolute Gasteiger partial charge is 0.493 e. The molecule has 0 aromatic heterocycles. The molecule has 1 heterocycles. The molecule has 164 valence electrons. The molecule has 0 saturated heterocycles. The topological polar surface area (TPSA) is 85.9 Å². The van der Waals surface area contributed by atoms with E-state index in [4.69, 9.17) is 14.2 Å². The van der Waals surface area contributed by atoms with Crippen molar-refractivity contribution in [2.24, 2.45) is 5.92 Å². The standard InChI is InChI=1S/C23H25FN2O5/c1-13(2)19-18(22(27)30-4)20(26-23(28)25-19)15-9-7-11-17(29-3)21(15)31-12-14-8-5-6-10-16(14)24/h5-11,13,20H,12H2,1-4H3,(H2,25,26,28). The van der Waals surface area contributed by atoms with E-state index in [1.807, 2.05) is 13.8 Å². The highest BCUT2D eigenvalue weighted by Gasteiger charge is 2.36. The Labute approximate surface area is 180 Å². The van der Waals surface area contributed by atoms with E-state index in [1.165, 1.54) is 20.3 Å². The summed E-state index contributed by atoms with van der Waals surface area (Å²) in [5.74, 6) is -0.437. The predicted molar refractivity (Wildman–Crippen MR) is 112 cm³/mol. The molecular weight excluding hydrogens is 403 g/mol. The third-order valence-corrected chi connectivity index (χ3v) is 4.96. The zero-order valence-corrected chi connectivity index (χ0v) is 17.8. The van der Waals surface area contributed by atoms with E-state index in [2.05, 4.69) is 10.6 Å². The van der Waals surface area contributed by atoms with E-state index >= 15 is 0 Å². The number of ether oxygens (including phenoxy) is 3. The lowest BCUT2D eigenvalue weighted by atomic mass is 9.91. The zero-order valence-electron chi connectivity index (χ0n) is 17.8. The van der Waals surface area contributed by atoms with Crippen molar-refractivity contribution in [1.29, 1.82) is 0 Å². The first-order valence-corrected chi connectivity index (χ1v) is 9.80. The van der Waals surface area contributed by atoms with Gasteiger partial charge >= 0.3 is 12.0 Å². The van der Waals surface area contributed by atoms with Gasteiger partial charge in [-0.25, -0.2) is 14.0 Å². The Bertz CT molecular complexity index is 1020. The summed E-state index contributed by atoms with van der Waals surface area (Å²) in [4.78, 5) is 25.0. The Morgan fingerprint density at radius 1 is 1.13 bits per heavy atom. The first kappa shape index (κ1) is 22.1. The number of hydrogen-bond acceptors (Lipinski definition) is 5. The second-order valence-electron chi connectivity index (χ2n) is 7.26. The second-order valence-corrected chi connectivity index (χ2v) is 7.26. The lowest BCUT2D eigenvalue weighted by molar-refractivity contribution is -0.136. The van der Waals surface area contributed by atoms with Crippen LogP contribution in [-0.4, -0.2) is 26.2 Å². The molecule has 1 aliphatic heterocycles. The average Bonchev–Trinajstić information content (AvgIpc) is 2.77. The number of carbonyl (C=O) groups excluding carboxylic acids is 2. The van der Waals surface area contributed by atoms with Crippen LogP contribution < -0.4 is 20.1 Å². The maximum absolute atomic E-state index is 14.1. The number of benzene rings is 2. The lowest BCUT2D eigenvalue weighted by Gasteiger charge is -2.31. The lowest BCUT2D eigenvalue weighted by Crippen LogP contribution is -2.47. The van der Waals surface area contributed by atoms with Crippen LogP contribution in [0.3, 0.4) is 0 Å². The van der Waals surface area contributed by atoms with Crippen molar-refractivity contribution in [2.45, 2.75) is 26.5 Å². The van der Waals surface area contributed by atoms with Crippen molar-refractivity contribution >= 4 is 12.0 Å². The van der Waals surface area contributed by atoms with Crippen LogP contribution in [0.25, 0.3) is 0 Å². The summed E-state index contributed by atoms with van der Waals surface area (Å²) in [6, 6.07) is 10.1. The number of carbonyl (C=O) groups is 2. The second kappa shape index (κ2) is 9.51. The van der Waals surface area contributed by atoms with Crippen LogP contribution in [0.15, 0.2) is 53.7 Å². The molecule has 0 spiro atoms. The molecule has 1 unspecified atom stereocenters. The van der Waals surface area contributed by atoms with E-state index in [0.29, 0.717) is 28.3 Å². The highest BCUT2D eigenvalue weighted by atomic mass is 19.1. The molecule has 8 heteroatoms. The summed E-state index contributed by atoms with van der Waals surface area (Å²) in [5, 5.41) is 5.47. The van der Waals surface area contributed by atoms with Gasteiger partial charge in [0, 0.05) is 16.8 Å². The van der Waals surface area contributed by atoms with Gasteiger partial charge < -0.3 is 24.8 Å². The molecular formula is C23H25FN2O5. The molecule has 0 aliphatic carbocycles. The summed E-state index contributed by atoms with van der Waals surface area (Å²) in [6.07, 6.45) is 0. The highest BCUT2D eigenvalue weighted by molar-refractivity contribution is 5.95. The number of halogens is 1. The van der Waals surface area contributed by atoms with Crippen LogP contribution in [-0.2, 0) is 16.1 Å². The van der Waals surface area contributed by atoms with Gasteiger partial charge in [-0.05, 0) is 18.1 Å². The van der Waals surface area contributed by atoms with Gasteiger partial charge in [0.05, 0.1) is 25.8 Å². The van der Waals surface area contributed by atoms with Crippen molar-refractivity contribution in [1.82, 2.24) is 10.6 Å². The SMILES string of the molecule is COC(=O)C1=C(C(C)C)NC(=O)NC1c1cccc(OC)c1OCc1ccccc1F. The summed E-state index contributed by atoms with van der Waals surface area (Å²) in [6.45, 7) is 3.66. The molecule has 0 fully saturated rings. The summed E-state index contributed by atoms with van der Waals surface area (Å²) >= 11 is 0. The van der Waals surface area contributed by atoms with Crippen molar-refractivity contribution in [3.63, 3.8) is 0 Å². The maximum atomic E-state index is 14.1. The molecule has 2 amide bonds. The van der Waals surface area contributed by atoms with Gasteiger partial charge in [0.25, 0.3) is 0 Å². The Balaban J connectivity index is 2.10. The van der Waals surface area contributed by atoms with E-state index in [0.717, 1.165) is 0 Å². The van der Waals surface area contributed by atoms with Crippen molar-refractivity contribution in [2.75, 3.05) is 14.2 Å². The van der Waals surface area contributed by atoms with Gasteiger partial charge in [-0.1, -0.05) is 44.2 Å². The van der Waals surface area contributed by atoms with Crippen LogP contribution >= 0.6 is 0 Å². The van der Waals surface area contributed by atoms with Crippen LogP contribution in [0, 0.1) is 11.7 Å². The van der Waals surface area contributed by atoms with Crippen LogP contribution in [0.2, 0.25) is 0 Å². The van der Waals surface area contributed by atoms with E-state index in [-0.39, 0.29) is 18.1 Å². The normalized spacial score (nSPS) is 15.9. The number of methoxy groups -OCH3 is 2. The predicted octanol–water partition coefficient (Wildman–Crippen LogP) is 3.85. The van der Waals surface area contributed by atoms with Crippen LogP contribution in [0.5, 0.6) is 11.5 Å². The Kier molecular flexibility index (Phi) is 6.79. The van der Waals surface area contributed by atoms with Gasteiger partial charge in [-0.15, -0.1) is 0 Å². The minimum absolute atomic E-state index is 0.0622. The third kappa shape index (κ3) is 4.63. The zero-order chi connectivity index (χ0) is 22.5. The Morgan fingerprint density at radius 2 is 1.87 bits per heavy atom. The number of para-hydroxylation sites is 1. The summed E-state index contributed by atoms with van der Waals surface area (Å²) in [5.41, 5.74) is 1.58. The van der Waals surface area contributed by atoms with Crippen LogP contribution in [0.4, 0.5) is 9.18 Å². The number of hydrogen-bond donors (Lipinski definition) is 2. The van der Waals surface area contributed by atoms with Crippen molar-refractivity contribution < 1.29 is 28.2 Å². The quantitative estimate of drug-likeness (QED) is 0.655. The smallest absolute Gasteiger partial charge is 0.337 e. The molecule has 7 nitrogen and oxygen atoms in total. The van der Waals surface area contributed by atoms with Gasteiger partial charge in [-0.2, -0.15) is 0 Å². The van der Waals surface area contributed by atoms with E-state index in [1.54, 1.807) is 36.4 Å². The monoisotopic (exact) mass is 428 g/mol. The van der Waals surface area contributed by atoms with Crippen molar-refractivity contribution in [3.8, 4) is 11.5 Å². The van der Waals surface area contributed by atoms with Crippen LogP contribution in [0.1, 0.15) is 31.0 Å². The van der Waals surface area contributed by atoms with Gasteiger partial charge in [0.1, 0.15) is 12.4 Å². The van der Waals surface area contributed by atoms with E-state index < -0.39 is 23.9 Å². The summed E-state index contributed by atoms with van der Waals surface area (Å²) < 4.78 is 30.5. The number of rotatable bonds is 7. The highest BCUT2D eigenvalue weighted by Crippen LogP contribution is 2.40. The molecule has 1 atom stereocenters. The first-order chi connectivity index (χ1) is 14.9. The third-order valence-electron chi connectivity index (χ3n) is 4.96. The number of urea groups is 1. The molecule has 0 saturated carbocycles. The first-order valence-electron chi connectivity index (χ1n) is 9.80. The van der Waals surface area contributed by atoms with Crippen molar-refractivity contribution in [3.05, 3.63) is 70.7 Å².